The molecule has 0 aliphatic rings. The Morgan fingerprint density at radius 1 is 1.15 bits per heavy atom. The smallest absolute Gasteiger partial charge is 0.251 e. The third-order valence-corrected chi connectivity index (χ3v) is 2.69. The van der Waals surface area contributed by atoms with Crippen molar-refractivity contribution in [2.75, 3.05) is 0 Å². The van der Waals surface area contributed by atoms with Gasteiger partial charge in [-0.05, 0) is 35.9 Å². The topological polar surface area (TPSA) is 52.9 Å². The molecule has 0 aliphatic heterocycles. The fourth-order valence-corrected chi connectivity index (χ4v) is 1.67. The number of nitriles is 1. The van der Waals surface area contributed by atoms with E-state index < -0.39 is 17.5 Å². The van der Waals surface area contributed by atoms with E-state index in [1.807, 2.05) is 6.07 Å². The van der Waals surface area contributed by atoms with Crippen molar-refractivity contribution in [1.82, 2.24) is 5.32 Å². The van der Waals surface area contributed by atoms with Gasteiger partial charge in [0.1, 0.15) is 0 Å². The number of hydrogen-bond donors (Lipinski definition) is 1. The van der Waals surface area contributed by atoms with Gasteiger partial charge < -0.3 is 5.32 Å². The van der Waals surface area contributed by atoms with Crippen molar-refractivity contribution in [2.24, 2.45) is 0 Å². The second-order valence-corrected chi connectivity index (χ2v) is 4.12. The Hall–Kier alpha value is -2.74. The third kappa shape index (κ3) is 3.18. The molecule has 5 heteroatoms. The standard InChI is InChI=1S/C15H10F2N2O/c16-13-5-4-12(7-14(13)17)15(20)19-9-11-3-1-2-10(6-11)8-18/h1-7H,9H2,(H,19,20). The van der Waals surface area contributed by atoms with Gasteiger partial charge in [0.05, 0.1) is 11.6 Å². The first-order chi connectivity index (χ1) is 9.60. The Labute approximate surface area is 114 Å². The van der Waals surface area contributed by atoms with E-state index >= 15 is 0 Å². The Morgan fingerprint density at radius 3 is 2.65 bits per heavy atom. The van der Waals surface area contributed by atoms with Gasteiger partial charge >= 0.3 is 0 Å². The molecule has 3 nitrogen and oxygen atoms in total. The van der Waals surface area contributed by atoms with Gasteiger partial charge in [-0.25, -0.2) is 8.78 Å². The Morgan fingerprint density at radius 2 is 1.95 bits per heavy atom. The van der Waals surface area contributed by atoms with Crippen LogP contribution in [0.5, 0.6) is 0 Å². The number of carbonyl (C=O) groups excluding carboxylic acids is 1. The molecule has 0 atom stereocenters. The molecule has 0 heterocycles. The van der Waals surface area contributed by atoms with Crippen molar-refractivity contribution in [2.45, 2.75) is 6.54 Å². The van der Waals surface area contributed by atoms with E-state index in [0.29, 0.717) is 5.56 Å². The van der Waals surface area contributed by atoms with Gasteiger partial charge in [-0.15, -0.1) is 0 Å². The van der Waals surface area contributed by atoms with Crippen molar-refractivity contribution in [3.63, 3.8) is 0 Å². The number of hydrogen-bond acceptors (Lipinski definition) is 2. The molecule has 2 aromatic rings. The molecule has 0 spiro atoms. The van der Waals surface area contributed by atoms with E-state index in [9.17, 15) is 13.6 Å². The summed E-state index contributed by atoms with van der Waals surface area (Å²) < 4.78 is 25.8. The van der Waals surface area contributed by atoms with Crippen LogP contribution in [0.15, 0.2) is 42.5 Å². The molecule has 100 valence electrons. The molecule has 0 radical (unpaired) electrons. The molecule has 0 fully saturated rings. The van der Waals surface area contributed by atoms with Gasteiger partial charge in [-0.1, -0.05) is 12.1 Å². The minimum absolute atomic E-state index is 0.0420. The molecule has 1 N–H and O–H groups in total. The van der Waals surface area contributed by atoms with Gasteiger partial charge in [0.25, 0.3) is 5.91 Å². The van der Waals surface area contributed by atoms with Crippen LogP contribution in [0.4, 0.5) is 8.78 Å². The zero-order valence-electron chi connectivity index (χ0n) is 10.4. The molecule has 1 amide bonds. The minimum atomic E-state index is -1.07. The molecule has 0 saturated carbocycles. The number of carbonyl (C=O) groups is 1. The van der Waals surface area contributed by atoms with E-state index in [-0.39, 0.29) is 12.1 Å². The first kappa shape index (κ1) is 13.7. The maximum Gasteiger partial charge on any atom is 0.251 e. The van der Waals surface area contributed by atoms with E-state index in [1.165, 1.54) is 6.07 Å². The molecule has 2 aromatic carbocycles. The van der Waals surface area contributed by atoms with E-state index in [0.717, 1.165) is 17.7 Å². The second-order valence-electron chi connectivity index (χ2n) is 4.12. The summed E-state index contributed by atoms with van der Waals surface area (Å²) in [4.78, 5) is 11.8. The van der Waals surface area contributed by atoms with Crippen molar-refractivity contribution in [1.29, 1.82) is 5.26 Å². The number of nitrogens with one attached hydrogen (secondary N) is 1. The lowest BCUT2D eigenvalue weighted by Gasteiger charge is -2.06. The van der Waals surface area contributed by atoms with E-state index in [1.54, 1.807) is 24.3 Å². The average molecular weight is 272 g/mol. The molecule has 0 saturated heterocycles. The fourth-order valence-electron chi connectivity index (χ4n) is 1.67. The number of amides is 1. The van der Waals surface area contributed by atoms with Crippen LogP contribution >= 0.6 is 0 Å². The van der Waals surface area contributed by atoms with Crippen molar-refractivity contribution < 1.29 is 13.6 Å². The van der Waals surface area contributed by atoms with Crippen molar-refractivity contribution in [3.8, 4) is 6.07 Å². The first-order valence-electron chi connectivity index (χ1n) is 5.82. The van der Waals surface area contributed by atoms with Crippen LogP contribution in [-0.2, 0) is 6.54 Å². The molecular weight excluding hydrogens is 262 g/mol. The predicted octanol–water partition coefficient (Wildman–Crippen LogP) is 2.77. The lowest BCUT2D eigenvalue weighted by Crippen LogP contribution is -2.23. The highest BCUT2D eigenvalue weighted by molar-refractivity contribution is 5.94. The molecule has 0 bridgehead atoms. The first-order valence-corrected chi connectivity index (χ1v) is 5.82. The van der Waals surface area contributed by atoms with Crippen LogP contribution in [0.1, 0.15) is 21.5 Å². The van der Waals surface area contributed by atoms with Crippen LogP contribution in [0, 0.1) is 23.0 Å². The summed E-state index contributed by atoms with van der Waals surface area (Å²) in [5.74, 6) is -2.57. The van der Waals surface area contributed by atoms with Gasteiger partial charge in [-0.2, -0.15) is 5.26 Å². The Bertz CT molecular complexity index is 693. The molecule has 0 aromatic heterocycles. The summed E-state index contributed by atoms with van der Waals surface area (Å²) in [6.45, 7) is 0.202. The lowest BCUT2D eigenvalue weighted by molar-refractivity contribution is 0.0950. The molecular formula is C15H10F2N2O. The maximum absolute atomic E-state index is 13.0. The van der Waals surface area contributed by atoms with Crippen molar-refractivity contribution >= 4 is 5.91 Å². The second kappa shape index (κ2) is 5.93. The fraction of sp³-hybridized carbons (Fsp3) is 0.0667. The highest BCUT2D eigenvalue weighted by atomic mass is 19.2. The van der Waals surface area contributed by atoms with E-state index in [2.05, 4.69) is 5.32 Å². The summed E-state index contributed by atoms with van der Waals surface area (Å²) in [5.41, 5.74) is 1.28. The SMILES string of the molecule is N#Cc1cccc(CNC(=O)c2ccc(F)c(F)c2)c1. The van der Waals surface area contributed by atoms with Crippen LogP contribution in [0.3, 0.4) is 0 Å². The normalized spacial score (nSPS) is 9.85. The van der Waals surface area contributed by atoms with Crippen LogP contribution in [-0.4, -0.2) is 5.91 Å². The van der Waals surface area contributed by atoms with Gasteiger partial charge in [0.2, 0.25) is 0 Å². The monoisotopic (exact) mass is 272 g/mol. The summed E-state index contributed by atoms with van der Waals surface area (Å²) in [5, 5.41) is 11.3. The zero-order valence-corrected chi connectivity index (χ0v) is 10.4. The van der Waals surface area contributed by atoms with Gasteiger partial charge in [0.15, 0.2) is 11.6 Å². The van der Waals surface area contributed by atoms with E-state index in [4.69, 9.17) is 5.26 Å². The van der Waals surface area contributed by atoms with Crippen molar-refractivity contribution in [3.05, 3.63) is 70.8 Å². The molecule has 2 rings (SSSR count). The molecule has 20 heavy (non-hydrogen) atoms. The lowest BCUT2D eigenvalue weighted by atomic mass is 10.1. The summed E-state index contributed by atoms with van der Waals surface area (Å²) >= 11 is 0. The van der Waals surface area contributed by atoms with Crippen LogP contribution in [0.25, 0.3) is 0 Å². The highest BCUT2D eigenvalue weighted by Crippen LogP contribution is 2.09. The van der Waals surface area contributed by atoms with Crippen LogP contribution in [0.2, 0.25) is 0 Å². The predicted molar refractivity (Wildman–Crippen MR) is 68.7 cm³/mol. The zero-order chi connectivity index (χ0) is 14.5. The number of benzene rings is 2. The number of rotatable bonds is 3. The highest BCUT2D eigenvalue weighted by Gasteiger charge is 2.09. The number of nitrogens with zero attached hydrogens (tertiary/aromatic N) is 1. The third-order valence-electron chi connectivity index (χ3n) is 2.69. The molecule has 0 aliphatic carbocycles. The number of halogens is 2. The largest absolute Gasteiger partial charge is 0.348 e. The van der Waals surface area contributed by atoms with Gasteiger partial charge in [0, 0.05) is 12.1 Å². The minimum Gasteiger partial charge on any atom is -0.348 e. The summed E-state index contributed by atoms with van der Waals surface area (Å²) in [6, 6.07) is 11.7. The summed E-state index contributed by atoms with van der Waals surface area (Å²) in [7, 11) is 0. The quantitative estimate of drug-likeness (QED) is 0.934. The van der Waals surface area contributed by atoms with Gasteiger partial charge in [-0.3, -0.25) is 4.79 Å². The maximum atomic E-state index is 13.0. The molecule has 0 unspecified atom stereocenters. The summed E-state index contributed by atoms with van der Waals surface area (Å²) in [6.07, 6.45) is 0. The Balaban J connectivity index is 2.05. The Kier molecular flexibility index (Phi) is 4.06. The average Bonchev–Trinajstić information content (AvgIpc) is 2.47. The van der Waals surface area contributed by atoms with Crippen LogP contribution < -0.4 is 5.32 Å².